The first-order chi connectivity index (χ1) is 12.1. The lowest BCUT2D eigenvalue weighted by molar-refractivity contribution is 0.414. The zero-order valence-corrected chi connectivity index (χ0v) is 15.8. The summed E-state index contributed by atoms with van der Waals surface area (Å²) < 4.78 is 8.11. The van der Waals surface area contributed by atoms with E-state index in [1.54, 1.807) is 19.6 Å². The van der Waals surface area contributed by atoms with Crippen LogP contribution in [0.3, 0.4) is 0 Å². The smallest absolute Gasteiger partial charge is 0.275 e. The lowest BCUT2D eigenvalue weighted by atomic mass is 10.2. The average Bonchev–Trinajstić information content (AvgIpc) is 3.02. The van der Waals surface area contributed by atoms with Gasteiger partial charge in [-0.15, -0.1) is 11.3 Å². The number of nitrogens with one attached hydrogen (secondary N) is 1. The van der Waals surface area contributed by atoms with Gasteiger partial charge in [0.1, 0.15) is 27.1 Å². The second-order valence-corrected chi connectivity index (χ2v) is 7.16. The van der Waals surface area contributed by atoms with Crippen LogP contribution in [0.25, 0.3) is 26.1 Å². The summed E-state index contributed by atoms with van der Waals surface area (Å²) in [5, 5.41) is 4.01. The van der Waals surface area contributed by atoms with Crippen molar-refractivity contribution in [2.45, 2.75) is 0 Å². The number of anilines is 1. The molecule has 0 atom stereocenters. The van der Waals surface area contributed by atoms with Crippen LogP contribution in [0, 0.1) is 0 Å². The third kappa shape index (κ3) is 2.49. The second kappa shape index (κ2) is 6.12. The van der Waals surface area contributed by atoms with Crippen LogP contribution >= 0.6 is 27.3 Å². The molecule has 0 radical (unpaired) electrons. The van der Waals surface area contributed by atoms with Crippen molar-refractivity contribution in [3.05, 3.63) is 51.6 Å². The Kier molecular flexibility index (Phi) is 3.93. The van der Waals surface area contributed by atoms with Gasteiger partial charge in [-0.05, 0) is 40.2 Å². The number of methoxy groups -OCH3 is 1. The van der Waals surface area contributed by atoms with Gasteiger partial charge in [0.15, 0.2) is 0 Å². The standard InChI is InChI=1S/C17H13BrN4O2S/c1-19-13-11(18)7-20-16-12(13)14-15(25-16)17(23)22(8-21-14)9-3-5-10(24-2)6-4-9/h3-8H,1-2H3,(H,19,20). The Morgan fingerprint density at radius 3 is 2.68 bits per heavy atom. The highest BCUT2D eigenvalue weighted by Crippen LogP contribution is 2.37. The maximum atomic E-state index is 13.0. The highest BCUT2D eigenvalue weighted by atomic mass is 79.9. The van der Waals surface area contributed by atoms with Gasteiger partial charge in [-0.2, -0.15) is 0 Å². The van der Waals surface area contributed by atoms with Gasteiger partial charge in [0.05, 0.1) is 28.3 Å². The molecule has 0 bridgehead atoms. The molecule has 0 aliphatic carbocycles. The largest absolute Gasteiger partial charge is 0.497 e. The zero-order chi connectivity index (χ0) is 17.6. The summed E-state index contributed by atoms with van der Waals surface area (Å²) in [6, 6.07) is 7.28. The summed E-state index contributed by atoms with van der Waals surface area (Å²) in [6.07, 6.45) is 3.28. The van der Waals surface area contributed by atoms with E-state index >= 15 is 0 Å². The molecule has 4 rings (SSSR count). The Bertz CT molecular complexity index is 1150. The summed E-state index contributed by atoms with van der Waals surface area (Å²) >= 11 is 4.84. The maximum absolute atomic E-state index is 13.0. The molecule has 126 valence electrons. The molecule has 1 aromatic carbocycles. The van der Waals surface area contributed by atoms with E-state index in [9.17, 15) is 4.79 Å². The van der Waals surface area contributed by atoms with Gasteiger partial charge in [-0.25, -0.2) is 9.97 Å². The van der Waals surface area contributed by atoms with Gasteiger partial charge in [0, 0.05) is 13.2 Å². The van der Waals surface area contributed by atoms with Crippen LogP contribution in [0.5, 0.6) is 5.75 Å². The van der Waals surface area contributed by atoms with E-state index in [4.69, 9.17) is 4.74 Å². The normalized spacial score (nSPS) is 11.2. The molecule has 0 amide bonds. The quantitative estimate of drug-likeness (QED) is 0.549. The van der Waals surface area contributed by atoms with Gasteiger partial charge in [0.25, 0.3) is 5.56 Å². The van der Waals surface area contributed by atoms with Crippen molar-refractivity contribution in [2.75, 3.05) is 19.5 Å². The Labute approximate surface area is 155 Å². The molecular formula is C17H13BrN4O2S. The summed E-state index contributed by atoms with van der Waals surface area (Å²) in [4.78, 5) is 22.7. The number of pyridine rings is 1. The first kappa shape index (κ1) is 16.0. The van der Waals surface area contributed by atoms with Crippen molar-refractivity contribution < 1.29 is 4.74 Å². The molecule has 0 saturated heterocycles. The SMILES string of the molecule is CNc1c(Br)cnc2sc3c(=O)n(-c4ccc(OC)cc4)cnc3c12. The number of hydrogen-bond acceptors (Lipinski definition) is 6. The van der Waals surface area contributed by atoms with Gasteiger partial charge in [-0.1, -0.05) is 0 Å². The summed E-state index contributed by atoms with van der Waals surface area (Å²) in [5.41, 5.74) is 2.16. The van der Waals surface area contributed by atoms with Gasteiger partial charge >= 0.3 is 0 Å². The molecule has 4 aromatic rings. The highest BCUT2D eigenvalue weighted by Gasteiger charge is 2.17. The van der Waals surface area contributed by atoms with Crippen molar-refractivity contribution in [1.29, 1.82) is 0 Å². The van der Waals surface area contributed by atoms with Gasteiger partial charge in [-0.3, -0.25) is 9.36 Å². The minimum absolute atomic E-state index is 0.114. The van der Waals surface area contributed by atoms with E-state index in [-0.39, 0.29) is 5.56 Å². The van der Waals surface area contributed by atoms with Crippen LogP contribution in [0.2, 0.25) is 0 Å². The van der Waals surface area contributed by atoms with Gasteiger partial charge in [0.2, 0.25) is 0 Å². The molecular weight excluding hydrogens is 404 g/mol. The van der Waals surface area contributed by atoms with Crippen LogP contribution in [0.4, 0.5) is 5.69 Å². The molecule has 3 aromatic heterocycles. The molecule has 0 aliphatic heterocycles. The third-order valence-corrected chi connectivity index (χ3v) is 5.64. The number of halogens is 1. The minimum atomic E-state index is -0.114. The number of ether oxygens (including phenoxy) is 1. The molecule has 0 unspecified atom stereocenters. The number of fused-ring (bicyclic) bond motifs is 3. The number of rotatable bonds is 3. The van der Waals surface area contributed by atoms with E-state index in [0.717, 1.165) is 31.8 Å². The van der Waals surface area contributed by atoms with Crippen LogP contribution in [0.15, 0.2) is 46.1 Å². The van der Waals surface area contributed by atoms with Crippen molar-refractivity contribution >= 4 is 53.4 Å². The van der Waals surface area contributed by atoms with E-state index in [1.165, 1.54) is 15.9 Å². The summed E-state index contributed by atoms with van der Waals surface area (Å²) in [5.74, 6) is 0.736. The topological polar surface area (TPSA) is 69.0 Å². The molecule has 0 spiro atoms. The van der Waals surface area contributed by atoms with Crippen molar-refractivity contribution in [3.8, 4) is 11.4 Å². The number of aromatic nitrogens is 3. The molecule has 1 N–H and O–H groups in total. The number of nitrogens with zero attached hydrogens (tertiary/aromatic N) is 3. The third-order valence-electron chi connectivity index (χ3n) is 3.96. The fourth-order valence-corrected chi connectivity index (χ4v) is 4.28. The average molecular weight is 417 g/mol. The molecule has 0 aliphatic rings. The molecule has 0 fully saturated rings. The van der Waals surface area contributed by atoms with E-state index in [0.29, 0.717) is 10.2 Å². The number of hydrogen-bond donors (Lipinski definition) is 1. The van der Waals surface area contributed by atoms with Crippen molar-refractivity contribution in [2.24, 2.45) is 0 Å². The van der Waals surface area contributed by atoms with Crippen LogP contribution in [-0.2, 0) is 0 Å². The Hall–Kier alpha value is -2.45. The molecule has 25 heavy (non-hydrogen) atoms. The van der Waals surface area contributed by atoms with Crippen LogP contribution in [0.1, 0.15) is 0 Å². The van der Waals surface area contributed by atoms with Crippen LogP contribution in [-0.4, -0.2) is 28.7 Å². The number of benzene rings is 1. The molecule has 3 heterocycles. The highest BCUT2D eigenvalue weighted by molar-refractivity contribution is 9.10. The summed E-state index contributed by atoms with van der Waals surface area (Å²) in [6.45, 7) is 0. The monoisotopic (exact) mass is 416 g/mol. The zero-order valence-electron chi connectivity index (χ0n) is 13.4. The van der Waals surface area contributed by atoms with Crippen molar-refractivity contribution in [3.63, 3.8) is 0 Å². The molecule has 6 nitrogen and oxygen atoms in total. The summed E-state index contributed by atoms with van der Waals surface area (Å²) in [7, 11) is 3.44. The predicted octanol–water partition coefficient (Wildman–Crippen LogP) is 3.81. The molecule has 8 heteroatoms. The van der Waals surface area contributed by atoms with Crippen molar-refractivity contribution in [1.82, 2.24) is 14.5 Å². The maximum Gasteiger partial charge on any atom is 0.275 e. The van der Waals surface area contributed by atoms with Crippen LogP contribution < -0.4 is 15.6 Å². The fraction of sp³-hybridized carbons (Fsp3) is 0.118. The predicted molar refractivity (Wildman–Crippen MR) is 104 cm³/mol. The lowest BCUT2D eigenvalue weighted by Crippen LogP contribution is -2.17. The second-order valence-electron chi connectivity index (χ2n) is 5.31. The van der Waals surface area contributed by atoms with E-state index in [2.05, 4.69) is 31.2 Å². The lowest BCUT2D eigenvalue weighted by Gasteiger charge is -2.07. The first-order valence-electron chi connectivity index (χ1n) is 7.44. The minimum Gasteiger partial charge on any atom is -0.497 e. The molecule has 0 saturated carbocycles. The first-order valence-corrected chi connectivity index (χ1v) is 9.05. The number of thiophene rings is 1. The van der Waals surface area contributed by atoms with Gasteiger partial charge < -0.3 is 10.1 Å². The van der Waals surface area contributed by atoms with E-state index in [1.807, 2.05) is 31.3 Å². The Balaban J connectivity index is 2.00. The van der Waals surface area contributed by atoms with E-state index < -0.39 is 0 Å². The Morgan fingerprint density at radius 1 is 1.24 bits per heavy atom. The fourth-order valence-electron chi connectivity index (χ4n) is 2.74. The Morgan fingerprint density at radius 2 is 2.00 bits per heavy atom.